The van der Waals surface area contributed by atoms with Crippen LogP contribution in [0.1, 0.15) is 18.4 Å². The number of rotatable bonds is 4. The fourth-order valence-electron chi connectivity index (χ4n) is 2.64. The van der Waals surface area contributed by atoms with Gasteiger partial charge in [0.15, 0.2) is 0 Å². The summed E-state index contributed by atoms with van der Waals surface area (Å²) in [5.74, 6) is 1.01. The van der Waals surface area contributed by atoms with Crippen molar-refractivity contribution in [2.45, 2.75) is 19.8 Å². The summed E-state index contributed by atoms with van der Waals surface area (Å²) in [6.07, 6.45) is 4.59. The number of anilines is 1. The van der Waals surface area contributed by atoms with Crippen LogP contribution in [0.2, 0.25) is 0 Å². The topological polar surface area (TPSA) is 37.0 Å². The van der Waals surface area contributed by atoms with Crippen molar-refractivity contribution in [3.05, 3.63) is 47.5 Å². The van der Waals surface area contributed by atoms with E-state index in [1.807, 2.05) is 6.07 Å². The summed E-state index contributed by atoms with van der Waals surface area (Å²) in [7, 11) is 0. The summed E-state index contributed by atoms with van der Waals surface area (Å²) in [6.45, 7) is 5.20. The van der Waals surface area contributed by atoms with Crippen LogP contribution >= 0.6 is 0 Å². The van der Waals surface area contributed by atoms with Crippen molar-refractivity contribution in [2.75, 3.05) is 25.0 Å². The predicted molar refractivity (Wildman–Crippen MR) is 85.2 cm³/mol. The Hall–Kier alpha value is -1.87. The van der Waals surface area contributed by atoms with E-state index in [1.165, 1.54) is 17.4 Å². The number of benzene rings is 1. The summed E-state index contributed by atoms with van der Waals surface area (Å²) in [5.41, 5.74) is 3.82. The normalized spacial score (nSPS) is 15.2. The average Bonchev–Trinajstić information content (AvgIpc) is 2.49. The molecule has 1 aromatic carbocycles. The first-order valence-electron chi connectivity index (χ1n) is 7.32. The van der Waals surface area contributed by atoms with E-state index in [1.54, 1.807) is 5.57 Å². The van der Waals surface area contributed by atoms with Crippen LogP contribution in [0.5, 0.6) is 0 Å². The maximum absolute atomic E-state index is 4.71. The largest absolute Gasteiger partial charge is 0.370 e. The van der Waals surface area contributed by atoms with Crippen molar-refractivity contribution >= 4 is 16.7 Å². The van der Waals surface area contributed by atoms with Crippen LogP contribution in [0.15, 0.2) is 42.0 Å². The third-order valence-corrected chi connectivity index (χ3v) is 3.81. The standard InChI is InChI=1S/C17H21N3/c1-13-12-15-4-2-3-5-16(15)20-17(13)19-11-8-14-6-9-18-10-7-14/h2-6,12,18H,7-11H2,1H3,(H,19,20). The van der Waals surface area contributed by atoms with Gasteiger partial charge in [0, 0.05) is 18.5 Å². The smallest absolute Gasteiger partial charge is 0.129 e. The summed E-state index contributed by atoms with van der Waals surface area (Å²) < 4.78 is 0. The summed E-state index contributed by atoms with van der Waals surface area (Å²) in [6, 6.07) is 10.5. The molecule has 20 heavy (non-hydrogen) atoms. The van der Waals surface area contributed by atoms with Gasteiger partial charge in [-0.2, -0.15) is 0 Å². The first kappa shape index (κ1) is 13.1. The Kier molecular flexibility index (Phi) is 3.97. The molecular formula is C17H21N3. The zero-order valence-corrected chi connectivity index (χ0v) is 11.9. The second-order valence-corrected chi connectivity index (χ2v) is 5.34. The molecule has 2 heterocycles. The number of hydrogen-bond acceptors (Lipinski definition) is 3. The minimum absolute atomic E-state index is 0.956. The van der Waals surface area contributed by atoms with Crippen LogP contribution < -0.4 is 10.6 Å². The van der Waals surface area contributed by atoms with Crippen LogP contribution in [0.25, 0.3) is 10.9 Å². The summed E-state index contributed by atoms with van der Waals surface area (Å²) in [4.78, 5) is 4.71. The molecule has 0 fully saturated rings. The van der Waals surface area contributed by atoms with Gasteiger partial charge in [-0.05, 0) is 44.0 Å². The molecule has 3 nitrogen and oxygen atoms in total. The van der Waals surface area contributed by atoms with Gasteiger partial charge in [0.05, 0.1) is 5.52 Å². The van der Waals surface area contributed by atoms with Crippen molar-refractivity contribution < 1.29 is 0 Å². The molecule has 0 amide bonds. The number of para-hydroxylation sites is 1. The lowest BCUT2D eigenvalue weighted by atomic mass is 10.1. The number of aryl methyl sites for hydroxylation is 1. The molecule has 2 aromatic rings. The molecule has 3 rings (SSSR count). The Labute approximate surface area is 120 Å². The molecule has 1 aromatic heterocycles. The van der Waals surface area contributed by atoms with Crippen molar-refractivity contribution in [1.82, 2.24) is 10.3 Å². The molecule has 0 bridgehead atoms. The lowest BCUT2D eigenvalue weighted by Gasteiger charge is -2.15. The highest BCUT2D eigenvalue weighted by molar-refractivity contribution is 5.81. The quantitative estimate of drug-likeness (QED) is 0.835. The highest BCUT2D eigenvalue weighted by atomic mass is 15.0. The van der Waals surface area contributed by atoms with E-state index >= 15 is 0 Å². The van der Waals surface area contributed by atoms with Gasteiger partial charge in [-0.1, -0.05) is 29.8 Å². The SMILES string of the molecule is Cc1cc2ccccc2nc1NCCC1=CCNCC1. The molecule has 0 unspecified atom stereocenters. The summed E-state index contributed by atoms with van der Waals surface area (Å²) in [5, 5.41) is 8.03. The van der Waals surface area contributed by atoms with Crippen LogP contribution in [0, 0.1) is 6.92 Å². The second kappa shape index (κ2) is 6.06. The molecule has 0 saturated carbocycles. The van der Waals surface area contributed by atoms with Gasteiger partial charge in [0.25, 0.3) is 0 Å². The first-order valence-corrected chi connectivity index (χ1v) is 7.32. The van der Waals surface area contributed by atoms with Crippen molar-refractivity contribution in [2.24, 2.45) is 0 Å². The number of fused-ring (bicyclic) bond motifs is 1. The van der Waals surface area contributed by atoms with Gasteiger partial charge in [-0.25, -0.2) is 4.98 Å². The van der Waals surface area contributed by atoms with E-state index in [4.69, 9.17) is 4.98 Å². The number of hydrogen-bond donors (Lipinski definition) is 2. The van der Waals surface area contributed by atoms with Crippen molar-refractivity contribution in [1.29, 1.82) is 0 Å². The molecule has 1 aliphatic rings. The van der Waals surface area contributed by atoms with Gasteiger partial charge >= 0.3 is 0 Å². The molecule has 3 heteroatoms. The molecule has 0 aliphatic carbocycles. The minimum Gasteiger partial charge on any atom is -0.370 e. The van der Waals surface area contributed by atoms with Gasteiger partial charge in [-0.15, -0.1) is 0 Å². The Balaban J connectivity index is 1.67. The van der Waals surface area contributed by atoms with Crippen molar-refractivity contribution in [3.8, 4) is 0 Å². The van der Waals surface area contributed by atoms with Crippen LogP contribution in [-0.2, 0) is 0 Å². The number of nitrogens with zero attached hydrogens (tertiary/aromatic N) is 1. The van der Waals surface area contributed by atoms with Gasteiger partial charge in [-0.3, -0.25) is 0 Å². The molecule has 0 saturated heterocycles. The molecule has 0 radical (unpaired) electrons. The third kappa shape index (κ3) is 2.99. The highest BCUT2D eigenvalue weighted by Crippen LogP contribution is 2.20. The maximum Gasteiger partial charge on any atom is 0.129 e. The zero-order chi connectivity index (χ0) is 13.8. The minimum atomic E-state index is 0.956. The molecule has 0 spiro atoms. The van der Waals surface area contributed by atoms with Crippen molar-refractivity contribution in [3.63, 3.8) is 0 Å². The lowest BCUT2D eigenvalue weighted by Crippen LogP contribution is -2.21. The van der Waals surface area contributed by atoms with E-state index < -0.39 is 0 Å². The van der Waals surface area contributed by atoms with E-state index in [0.717, 1.165) is 37.4 Å². The number of pyridine rings is 1. The Bertz CT molecular complexity index is 631. The maximum atomic E-state index is 4.71. The first-order chi connectivity index (χ1) is 9.83. The zero-order valence-electron chi connectivity index (χ0n) is 11.9. The molecule has 0 atom stereocenters. The lowest BCUT2D eigenvalue weighted by molar-refractivity contribution is 0.683. The number of aromatic nitrogens is 1. The van der Waals surface area contributed by atoms with E-state index in [0.29, 0.717) is 0 Å². The third-order valence-electron chi connectivity index (χ3n) is 3.81. The monoisotopic (exact) mass is 267 g/mol. The number of nitrogens with one attached hydrogen (secondary N) is 2. The van der Waals surface area contributed by atoms with E-state index in [2.05, 4.69) is 47.9 Å². The average molecular weight is 267 g/mol. The molecular weight excluding hydrogens is 246 g/mol. The highest BCUT2D eigenvalue weighted by Gasteiger charge is 2.05. The van der Waals surface area contributed by atoms with Gasteiger partial charge in [0.2, 0.25) is 0 Å². The molecule has 104 valence electrons. The fourth-order valence-corrected chi connectivity index (χ4v) is 2.64. The predicted octanol–water partition coefficient (Wildman–Crippen LogP) is 3.26. The van der Waals surface area contributed by atoms with Gasteiger partial charge in [0.1, 0.15) is 5.82 Å². The van der Waals surface area contributed by atoms with Crippen LogP contribution in [-0.4, -0.2) is 24.6 Å². The Morgan fingerprint density at radius 3 is 3.05 bits per heavy atom. The Morgan fingerprint density at radius 2 is 2.20 bits per heavy atom. The molecule has 1 aliphatic heterocycles. The van der Waals surface area contributed by atoms with E-state index in [-0.39, 0.29) is 0 Å². The Morgan fingerprint density at radius 1 is 1.30 bits per heavy atom. The van der Waals surface area contributed by atoms with Crippen LogP contribution in [0.3, 0.4) is 0 Å². The van der Waals surface area contributed by atoms with E-state index in [9.17, 15) is 0 Å². The summed E-state index contributed by atoms with van der Waals surface area (Å²) >= 11 is 0. The second-order valence-electron chi connectivity index (χ2n) is 5.34. The fraction of sp³-hybridized carbons (Fsp3) is 0.353. The van der Waals surface area contributed by atoms with Crippen LogP contribution in [0.4, 0.5) is 5.82 Å². The molecule has 2 N–H and O–H groups in total. The van der Waals surface area contributed by atoms with Gasteiger partial charge < -0.3 is 10.6 Å².